The maximum atomic E-state index is 10.1. The molecule has 0 aliphatic heterocycles. The van der Waals surface area contributed by atoms with Gasteiger partial charge in [0.15, 0.2) is 0 Å². The van der Waals surface area contributed by atoms with Gasteiger partial charge in [-0.3, -0.25) is 0 Å². The van der Waals surface area contributed by atoms with Gasteiger partial charge in [-0.2, -0.15) is 0 Å². The lowest BCUT2D eigenvalue weighted by Gasteiger charge is -2.10. The second-order valence-corrected chi connectivity index (χ2v) is 3.86. The minimum Gasteiger partial charge on any atom is -0.508 e. The van der Waals surface area contributed by atoms with Crippen LogP contribution >= 0.6 is 0 Å². The molecule has 0 fully saturated rings. The van der Waals surface area contributed by atoms with Gasteiger partial charge in [0.1, 0.15) is 17.2 Å². The summed E-state index contributed by atoms with van der Waals surface area (Å²) in [4.78, 5) is 0. The van der Waals surface area contributed by atoms with Crippen molar-refractivity contribution < 1.29 is 15.3 Å². The van der Waals surface area contributed by atoms with E-state index in [0.29, 0.717) is 17.5 Å². The third-order valence-corrected chi connectivity index (χ3v) is 2.79. The van der Waals surface area contributed by atoms with Crippen LogP contribution in [0.3, 0.4) is 0 Å². The fourth-order valence-corrected chi connectivity index (χ4v) is 1.85. The molecule has 3 heteroatoms. The van der Waals surface area contributed by atoms with Crippen LogP contribution in [0.5, 0.6) is 17.2 Å². The Morgan fingerprint density at radius 3 is 2.12 bits per heavy atom. The minimum atomic E-state index is 0.0955. The highest BCUT2D eigenvalue weighted by molar-refractivity contribution is 5.73. The molecule has 3 N–H and O–H groups in total. The van der Waals surface area contributed by atoms with Gasteiger partial charge in [0, 0.05) is 11.1 Å². The van der Waals surface area contributed by atoms with Crippen molar-refractivity contribution in [2.75, 3.05) is 0 Å². The van der Waals surface area contributed by atoms with Crippen LogP contribution in [0.2, 0.25) is 0 Å². The highest BCUT2D eigenvalue weighted by Crippen LogP contribution is 2.37. The van der Waals surface area contributed by atoms with Crippen LogP contribution in [-0.4, -0.2) is 15.3 Å². The zero-order valence-electron chi connectivity index (χ0n) is 9.51. The Bertz CT molecular complexity index is 530. The molecule has 0 amide bonds. The Morgan fingerprint density at radius 2 is 1.53 bits per heavy atom. The summed E-state index contributed by atoms with van der Waals surface area (Å²) in [5.74, 6) is 0.383. The van der Waals surface area contributed by atoms with Crippen LogP contribution in [-0.2, 0) is 6.42 Å². The van der Waals surface area contributed by atoms with E-state index in [1.54, 1.807) is 36.4 Å². The molecule has 0 bridgehead atoms. The molecule has 0 aliphatic rings. The van der Waals surface area contributed by atoms with Gasteiger partial charge in [-0.25, -0.2) is 0 Å². The smallest absolute Gasteiger partial charge is 0.130 e. The van der Waals surface area contributed by atoms with E-state index in [1.165, 1.54) is 0 Å². The zero-order valence-corrected chi connectivity index (χ0v) is 9.51. The van der Waals surface area contributed by atoms with Gasteiger partial charge in [-0.05, 0) is 36.2 Å². The molecule has 2 aromatic rings. The van der Waals surface area contributed by atoms with E-state index in [2.05, 4.69) is 0 Å². The monoisotopic (exact) mass is 230 g/mol. The topological polar surface area (TPSA) is 60.7 Å². The SMILES string of the molecule is CCc1c(O)ccc(-c2ccc(O)cc2)c1O. The molecule has 0 saturated carbocycles. The summed E-state index contributed by atoms with van der Waals surface area (Å²) in [5.41, 5.74) is 1.99. The first-order chi connectivity index (χ1) is 8.13. The maximum Gasteiger partial charge on any atom is 0.130 e. The quantitative estimate of drug-likeness (QED) is 0.743. The standard InChI is InChI=1S/C14H14O3/c1-2-11-13(16)8-7-12(14(11)17)9-3-5-10(15)6-4-9/h3-8,15-17H,2H2,1H3. The molecule has 17 heavy (non-hydrogen) atoms. The van der Waals surface area contributed by atoms with Crippen LogP contribution in [0.15, 0.2) is 36.4 Å². The zero-order chi connectivity index (χ0) is 12.4. The van der Waals surface area contributed by atoms with Crippen molar-refractivity contribution in [1.82, 2.24) is 0 Å². The molecule has 0 unspecified atom stereocenters. The van der Waals surface area contributed by atoms with Crippen LogP contribution < -0.4 is 0 Å². The lowest BCUT2D eigenvalue weighted by Crippen LogP contribution is -1.87. The maximum absolute atomic E-state index is 10.1. The number of phenols is 3. The normalized spacial score (nSPS) is 10.4. The molecular weight excluding hydrogens is 216 g/mol. The van der Waals surface area contributed by atoms with Crippen molar-refractivity contribution in [3.05, 3.63) is 42.0 Å². The first-order valence-corrected chi connectivity index (χ1v) is 5.46. The molecule has 0 spiro atoms. The van der Waals surface area contributed by atoms with E-state index in [9.17, 15) is 15.3 Å². The van der Waals surface area contributed by atoms with Crippen molar-refractivity contribution in [2.24, 2.45) is 0 Å². The molecule has 0 radical (unpaired) electrons. The van der Waals surface area contributed by atoms with Gasteiger partial charge in [0.25, 0.3) is 0 Å². The predicted molar refractivity (Wildman–Crippen MR) is 66.3 cm³/mol. The van der Waals surface area contributed by atoms with E-state index in [1.807, 2.05) is 6.92 Å². The van der Waals surface area contributed by atoms with Crippen molar-refractivity contribution in [2.45, 2.75) is 13.3 Å². The van der Waals surface area contributed by atoms with Gasteiger partial charge in [0.2, 0.25) is 0 Å². The largest absolute Gasteiger partial charge is 0.508 e. The third kappa shape index (κ3) is 2.04. The Morgan fingerprint density at radius 1 is 0.882 bits per heavy atom. The first-order valence-electron chi connectivity index (χ1n) is 5.46. The first kappa shape index (κ1) is 11.3. The summed E-state index contributed by atoms with van der Waals surface area (Å²) in [5, 5.41) is 28.9. The van der Waals surface area contributed by atoms with E-state index in [0.717, 1.165) is 5.56 Å². The molecular formula is C14H14O3. The van der Waals surface area contributed by atoms with Gasteiger partial charge < -0.3 is 15.3 Å². The number of hydrogen-bond acceptors (Lipinski definition) is 3. The van der Waals surface area contributed by atoms with Crippen molar-refractivity contribution >= 4 is 0 Å². The molecule has 0 saturated heterocycles. The third-order valence-electron chi connectivity index (χ3n) is 2.79. The highest BCUT2D eigenvalue weighted by atomic mass is 16.3. The average molecular weight is 230 g/mol. The van der Waals surface area contributed by atoms with Crippen LogP contribution in [0.25, 0.3) is 11.1 Å². The fourth-order valence-electron chi connectivity index (χ4n) is 1.85. The Hall–Kier alpha value is -2.16. The van der Waals surface area contributed by atoms with E-state index < -0.39 is 0 Å². The molecule has 0 aliphatic carbocycles. The van der Waals surface area contributed by atoms with E-state index in [4.69, 9.17) is 0 Å². The van der Waals surface area contributed by atoms with Gasteiger partial charge >= 0.3 is 0 Å². The van der Waals surface area contributed by atoms with Crippen LogP contribution in [0.1, 0.15) is 12.5 Å². The molecule has 3 nitrogen and oxygen atoms in total. The number of hydrogen-bond donors (Lipinski definition) is 3. The van der Waals surface area contributed by atoms with Crippen LogP contribution in [0.4, 0.5) is 0 Å². The summed E-state index contributed by atoms with van der Waals surface area (Å²) in [6.45, 7) is 1.87. The second-order valence-electron chi connectivity index (χ2n) is 3.86. The molecule has 0 atom stereocenters. The van der Waals surface area contributed by atoms with E-state index in [-0.39, 0.29) is 17.2 Å². The fraction of sp³-hybridized carbons (Fsp3) is 0.143. The lowest BCUT2D eigenvalue weighted by atomic mass is 9.99. The number of aromatic hydroxyl groups is 3. The average Bonchev–Trinajstić information content (AvgIpc) is 2.31. The van der Waals surface area contributed by atoms with Crippen molar-refractivity contribution in [3.63, 3.8) is 0 Å². The summed E-state index contributed by atoms with van der Waals surface area (Å²) in [6, 6.07) is 9.80. The van der Waals surface area contributed by atoms with Crippen molar-refractivity contribution in [3.8, 4) is 28.4 Å². The summed E-state index contributed by atoms with van der Waals surface area (Å²) < 4.78 is 0. The number of phenolic OH excluding ortho intramolecular Hbond substituents is 3. The minimum absolute atomic E-state index is 0.0955. The lowest BCUT2D eigenvalue weighted by molar-refractivity contribution is 0.441. The van der Waals surface area contributed by atoms with Gasteiger partial charge in [0.05, 0.1) is 0 Å². The predicted octanol–water partition coefficient (Wildman–Crippen LogP) is 3.03. The highest BCUT2D eigenvalue weighted by Gasteiger charge is 2.11. The van der Waals surface area contributed by atoms with Gasteiger partial charge in [-0.1, -0.05) is 19.1 Å². The second kappa shape index (κ2) is 4.37. The number of benzene rings is 2. The summed E-state index contributed by atoms with van der Waals surface area (Å²) in [7, 11) is 0. The Balaban J connectivity index is 2.56. The molecule has 0 aromatic heterocycles. The Labute approximate surface area is 99.6 Å². The van der Waals surface area contributed by atoms with Crippen molar-refractivity contribution in [1.29, 1.82) is 0 Å². The molecule has 88 valence electrons. The Kier molecular flexibility index (Phi) is 2.91. The molecule has 2 aromatic carbocycles. The molecule has 0 heterocycles. The summed E-state index contributed by atoms with van der Waals surface area (Å²) >= 11 is 0. The van der Waals surface area contributed by atoms with Crippen LogP contribution in [0, 0.1) is 0 Å². The number of rotatable bonds is 2. The van der Waals surface area contributed by atoms with Gasteiger partial charge in [-0.15, -0.1) is 0 Å². The van der Waals surface area contributed by atoms with E-state index >= 15 is 0 Å². The molecule has 2 rings (SSSR count). The summed E-state index contributed by atoms with van der Waals surface area (Å²) in [6.07, 6.45) is 0.559.